The number of urea groups is 1. The van der Waals surface area contributed by atoms with Crippen LogP contribution >= 0.6 is 0 Å². The third-order valence-corrected chi connectivity index (χ3v) is 5.94. The second-order valence-corrected chi connectivity index (χ2v) is 7.50. The number of carbonyl (C=O) groups excluding carboxylic acids is 2. The Hall–Kier alpha value is -1.82. The monoisotopic (exact) mass is 331 g/mol. The van der Waals surface area contributed by atoms with Crippen LogP contribution in [0.15, 0.2) is 16.5 Å². The zero-order valence-electron chi connectivity index (χ0n) is 14.5. The maximum atomic E-state index is 12.4. The fraction of sp³-hybridized carbons (Fsp3) is 0.667. The van der Waals surface area contributed by atoms with E-state index in [-0.39, 0.29) is 23.4 Å². The molecule has 1 unspecified atom stereocenters. The van der Waals surface area contributed by atoms with Gasteiger partial charge in [-0.15, -0.1) is 0 Å². The van der Waals surface area contributed by atoms with Crippen molar-refractivity contribution >= 4 is 11.9 Å². The summed E-state index contributed by atoms with van der Waals surface area (Å²) in [6.45, 7) is 7.90. The summed E-state index contributed by atoms with van der Waals surface area (Å²) in [5, 5.41) is 0. The minimum absolute atomic E-state index is 0.00728. The van der Waals surface area contributed by atoms with Gasteiger partial charge >= 0.3 is 6.03 Å². The van der Waals surface area contributed by atoms with E-state index in [4.69, 9.17) is 4.42 Å². The first kappa shape index (κ1) is 15.7. The number of rotatable bonds is 3. The molecule has 3 amide bonds. The first-order valence-corrected chi connectivity index (χ1v) is 8.91. The van der Waals surface area contributed by atoms with Crippen LogP contribution < -0.4 is 0 Å². The van der Waals surface area contributed by atoms with Gasteiger partial charge in [0.2, 0.25) is 0 Å². The summed E-state index contributed by atoms with van der Waals surface area (Å²) >= 11 is 0. The molecule has 130 valence electrons. The molecule has 0 saturated carbocycles. The Morgan fingerprint density at radius 3 is 2.58 bits per heavy atom. The number of imide groups is 1. The molecule has 4 heterocycles. The molecular formula is C18H25N3O3. The van der Waals surface area contributed by atoms with Crippen LogP contribution in [0.2, 0.25) is 0 Å². The molecule has 3 aliphatic rings. The van der Waals surface area contributed by atoms with Gasteiger partial charge in [-0.05, 0) is 63.7 Å². The van der Waals surface area contributed by atoms with Gasteiger partial charge in [-0.25, -0.2) is 4.79 Å². The highest BCUT2D eigenvalue weighted by atomic mass is 16.3. The maximum Gasteiger partial charge on any atom is 0.327 e. The predicted octanol–water partition coefficient (Wildman–Crippen LogP) is 2.23. The van der Waals surface area contributed by atoms with E-state index < -0.39 is 0 Å². The van der Waals surface area contributed by atoms with E-state index in [1.54, 1.807) is 0 Å². The van der Waals surface area contributed by atoms with Gasteiger partial charge in [-0.3, -0.25) is 14.6 Å². The Bertz CT molecular complexity index is 634. The first-order chi connectivity index (χ1) is 11.5. The van der Waals surface area contributed by atoms with Crippen LogP contribution in [-0.4, -0.2) is 58.9 Å². The van der Waals surface area contributed by atoms with Crippen molar-refractivity contribution in [2.45, 2.75) is 45.7 Å². The summed E-state index contributed by atoms with van der Waals surface area (Å²) in [4.78, 5) is 30.4. The molecule has 1 aromatic rings. The van der Waals surface area contributed by atoms with E-state index in [9.17, 15) is 9.59 Å². The number of furan rings is 1. The topological polar surface area (TPSA) is 57.0 Å². The predicted molar refractivity (Wildman–Crippen MR) is 88.3 cm³/mol. The molecule has 3 fully saturated rings. The summed E-state index contributed by atoms with van der Waals surface area (Å²) in [6, 6.07) is 3.75. The summed E-state index contributed by atoms with van der Waals surface area (Å²) < 4.78 is 5.67. The van der Waals surface area contributed by atoms with Crippen LogP contribution in [0, 0.1) is 12.3 Å². The third kappa shape index (κ3) is 2.44. The van der Waals surface area contributed by atoms with Crippen molar-refractivity contribution in [3.8, 4) is 0 Å². The lowest BCUT2D eigenvalue weighted by Crippen LogP contribution is -2.43. The molecule has 6 heteroatoms. The van der Waals surface area contributed by atoms with Gasteiger partial charge in [0.25, 0.3) is 5.91 Å². The van der Waals surface area contributed by atoms with Crippen LogP contribution in [0.3, 0.4) is 0 Å². The quantitative estimate of drug-likeness (QED) is 0.797. The van der Waals surface area contributed by atoms with Gasteiger partial charge in [-0.2, -0.15) is 0 Å². The highest BCUT2D eigenvalue weighted by Crippen LogP contribution is 2.46. The lowest BCUT2D eigenvalue weighted by molar-refractivity contribution is -0.128. The van der Waals surface area contributed by atoms with Gasteiger partial charge in [-0.1, -0.05) is 0 Å². The van der Waals surface area contributed by atoms with E-state index in [1.165, 1.54) is 4.90 Å². The van der Waals surface area contributed by atoms with Gasteiger partial charge in [0.1, 0.15) is 17.6 Å². The summed E-state index contributed by atoms with van der Waals surface area (Å²) in [5.41, 5.74) is 0.130. The first-order valence-electron chi connectivity index (χ1n) is 8.91. The number of likely N-dealkylation sites (N-methyl/N-ethyl adjacent to an activating group) is 1. The lowest BCUT2D eigenvalue weighted by atomic mass is 9.76. The SMILES string of the molecule is CCN1C(=O)C2CC3(CCN(Cc4ccc(C)o4)CC3)CN2C1=O. The van der Waals surface area contributed by atoms with E-state index in [2.05, 4.69) is 4.90 Å². The lowest BCUT2D eigenvalue weighted by Gasteiger charge is -2.39. The average Bonchev–Trinajstić information content (AvgIpc) is 3.19. The molecule has 0 aromatic carbocycles. The zero-order chi connectivity index (χ0) is 16.9. The van der Waals surface area contributed by atoms with Crippen LogP contribution in [0.4, 0.5) is 4.79 Å². The molecule has 1 atom stereocenters. The molecule has 0 radical (unpaired) electrons. The Morgan fingerprint density at radius 2 is 2.00 bits per heavy atom. The van der Waals surface area contributed by atoms with Crippen molar-refractivity contribution in [2.24, 2.45) is 5.41 Å². The van der Waals surface area contributed by atoms with Crippen LogP contribution in [0.1, 0.15) is 37.7 Å². The number of nitrogens with zero attached hydrogens (tertiary/aromatic N) is 3. The molecule has 3 saturated heterocycles. The number of amides is 3. The number of likely N-dealkylation sites (tertiary alicyclic amines) is 1. The minimum atomic E-state index is -0.211. The number of piperidine rings is 1. The van der Waals surface area contributed by atoms with Crippen molar-refractivity contribution in [2.75, 3.05) is 26.2 Å². The molecule has 1 aromatic heterocycles. The molecular weight excluding hydrogens is 306 g/mol. The molecule has 6 nitrogen and oxygen atoms in total. The van der Waals surface area contributed by atoms with Crippen LogP contribution in [0.25, 0.3) is 0 Å². The largest absolute Gasteiger partial charge is 0.465 e. The molecule has 3 aliphatic heterocycles. The van der Waals surface area contributed by atoms with Gasteiger partial charge < -0.3 is 9.32 Å². The second-order valence-electron chi connectivity index (χ2n) is 7.50. The number of fused-ring (bicyclic) bond motifs is 1. The Morgan fingerprint density at radius 1 is 1.25 bits per heavy atom. The smallest absolute Gasteiger partial charge is 0.327 e. The highest BCUT2D eigenvalue weighted by molar-refractivity contribution is 6.04. The summed E-state index contributed by atoms with van der Waals surface area (Å²) in [5.74, 6) is 1.97. The third-order valence-electron chi connectivity index (χ3n) is 5.94. The molecule has 0 N–H and O–H groups in total. The van der Waals surface area contributed by atoms with Crippen molar-refractivity contribution < 1.29 is 14.0 Å². The van der Waals surface area contributed by atoms with E-state index >= 15 is 0 Å². The number of hydrogen-bond donors (Lipinski definition) is 0. The van der Waals surface area contributed by atoms with Gasteiger partial charge in [0.15, 0.2) is 0 Å². The van der Waals surface area contributed by atoms with Crippen LogP contribution in [-0.2, 0) is 11.3 Å². The minimum Gasteiger partial charge on any atom is -0.465 e. The summed E-state index contributed by atoms with van der Waals surface area (Å²) in [7, 11) is 0. The maximum absolute atomic E-state index is 12.4. The van der Waals surface area contributed by atoms with E-state index in [1.807, 2.05) is 30.9 Å². The van der Waals surface area contributed by atoms with E-state index in [0.717, 1.165) is 57.0 Å². The standard InChI is InChI=1S/C18H25N3O3/c1-3-20-16(22)15-10-18(12-21(15)17(20)23)6-8-19(9-7-18)11-14-5-4-13(2)24-14/h4-5,15H,3,6-12H2,1-2H3. The average molecular weight is 331 g/mol. The van der Waals surface area contributed by atoms with Gasteiger partial charge in [0, 0.05) is 13.1 Å². The number of carbonyl (C=O) groups is 2. The van der Waals surface area contributed by atoms with Crippen molar-refractivity contribution in [1.29, 1.82) is 0 Å². The van der Waals surface area contributed by atoms with E-state index in [0.29, 0.717) is 6.54 Å². The fourth-order valence-electron chi connectivity index (χ4n) is 4.54. The molecule has 0 aliphatic carbocycles. The summed E-state index contributed by atoms with van der Waals surface area (Å²) in [6.07, 6.45) is 2.93. The highest BCUT2D eigenvalue weighted by Gasteiger charge is 2.55. The zero-order valence-corrected chi connectivity index (χ0v) is 14.5. The van der Waals surface area contributed by atoms with Crippen molar-refractivity contribution in [3.63, 3.8) is 0 Å². The Labute approximate surface area is 142 Å². The van der Waals surface area contributed by atoms with Crippen LogP contribution in [0.5, 0.6) is 0 Å². The molecule has 0 bridgehead atoms. The number of hydrogen-bond acceptors (Lipinski definition) is 4. The second kappa shape index (κ2) is 5.62. The van der Waals surface area contributed by atoms with Crippen molar-refractivity contribution in [1.82, 2.24) is 14.7 Å². The normalized spacial score (nSPS) is 26.7. The van der Waals surface area contributed by atoms with Crippen molar-refractivity contribution in [3.05, 3.63) is 23.7 Å². The number of aryl methyl sites for hydroxylation is 1. The Balaban J connectivity index is 1.38. The fourth-order valence-corrected chi connectivity index (χ4v) is 4.54. The van der Waals surface area contributed by atoms with Gasteiger partial charge in [0.05, 0.1) is 6.54 Å². The molecule has 24 heavy (non-hydrogen) atoms. The molecule has 4 rings (SSSR count). The molecule has 1 spiro atoms. The Kier molecular flexibility index (Phi) is 3.67.